The molecule has 1 heteroatoms. The fourth-order valence-electron chi connectivity index (χ4n) is 6.14. The molecule has 0 amide bonds. The smallest absolute Gasteiger partial charge is 0.123 e. The van der Waals surface area contributed by atoms with Crippen molar-refractivity contribution in [1.82, 2.24) is 0 Å². The van der Waals surface area contributed by atoms with Gasteiger partial charge in [-0.15, -0.1) is 0 Å². The van der Waals surface area contributed by atoms with Crippen LogP contribution in [-0.2, 0) is 4.79 Å². The number of fused-ring (bicyclic) bond motifs is 9. The lowest BCUT2D eigenvalue weighted by molar-refractivity contribution is -0.114. The molecule has 0 aromatic heterocycles. The predicted molar refractivity (Wildman–Crippen MR) is 58.1 cm³/mol. The molecule has 0 N–H and O–H groups in total. The van der Waals surface area contributed by atoms with E-state index in [2.05, 4.69) is 6.92 Å². The second kappa shape index (κ2) is 2.67. The largest absolute Gasteiger partial charge is 0.303 e. The van der Waals surface area contributed by atoms with Crippen LogP contribution >= 0.6 is 0 Å². The van der Waals surface area contributed by atoms with Crippen LogP contribution in [0.2, 0.25) is 0 Å². The highest BCUT2D eigenvalue weighted by molar-refractivity contribution is 5.55. The third kappa shape index (κ3) is 0.893. The highest BCUT2D eigenvalue weighted by Crippen LogP contribution is 2.69. The number of carbonyl (C=O) groups excluding carboxylic acids is 1. The van der Waals surface area contributed by atoms with Crippen LogP contribution in [0.1, 0.15) is 32.6 Å². The molecular weight excluding hydrogens is 184 g/mol. The molecule has 0 heterocycles. The fourth-order valence-corrected chi connectivity index (χ4v) is 6.14. The molecular formula is C14H20O. The Bertz CT molecular complexity index is 310. The van der Waals surface area contributed by atoms with Crippen molar-refractivity contribution in [2.45, 2.75) is 32.6 Å². The van der Waals surface area contributed by atoms with Crippen molar-refractivity contribution in [2.24, 2.45) is 47.3 Å². The van der Waals surface area contributed by atoms with Gasteiger partial charge in [-0.05, 0) is 67.1 Å². The first-order chi connectivity index (χ1) is 7.29. The van der Waals surface area contributed by atoms with Gasteiger partial charge in [-0.25, -0.2) is 0 Å². The zero-order valence-electron chi connectivity index (χ0n) is 9.43. The van der Waals surface area contributed by atoms with E-state index in [4.69, 9.17) is 0 Å². The quantitative estimate of drug-likeness (QED) is 0.474. The molecule has 4 aliphatic carbocycles. The van der Waals surface area contributed by atoms with Crippen LogP contribution in [0, 0.1) is 47.3 Å². The van der Waals surface area contributed by atoms with Gasteiger partial charge in [0, 0.05) is 5.92 Å². The topological polar surface area (TPSA) is 17.1 Å². The molecule has 0 aromatic rings. The van der Waals surface area contributed by atoms with E-state index < -0.39 is 0 Å². The van der Waals surface area contributed by atoms with E-state index in [0.717, 1.165) is 41.4 Å². The maximum Gasteiger partial charge on any atom is 0.123 e. The summed E-state index contributed by atoms with van der Waals surface area (Å²) >= 11 is 0. The summed E-state index contributed by atoms with van der Waals surface area (Å²) in [5.74, 6) is 7.25. The van der Waals surface area contributed by atoms with Crippen molar-refractivity contribution < 1.29 is 4.79 Å². The lowest BCUT2D eigenvalue weighted by Crippen LogP contribution is -2.35. The molecule has 4 saturated carbocycles. The van der Waals surface area contributed by atoms with Crippen molar-refractivity contribution in [1.29, 1.82) is 0 Å². The molecule has 1 nitrogen and oxygen atoms in total. The highest BCUT2D eigenvalue weighted by atomic mass is 16.1. The van der Waals surface area contributed by atoms with Crippen LogP contribution in [-0.4, -0.2) is 6.29 Å². The van der Waals surface area contributed by atoms with Crippen LogP contribution in [0.3, 0.4) is 0 Å². The van der Waals surface area contributed by atoms with E-state index in [9.17, 15) is 4.79 Å². The Kier molecular flexibility index (Phi) is 1.56. The normalized spacial score (nSPS) is 64.9. The Morgan fingerprint density at radius 2 is 1.60 bits per heavy atom. The Balaban J connectivity index is 1.69. The molecule has 82 valence electrons. The summed E-state index contributed by atoms with van der Waals surface area (Å²) in [6.45, 7) is 2.46. The Hall–Kier alpha value is -0.330. The Labute approximate surface area is 91.6 Å². The number of hydrogen-bond donors (Lipinski definition) is 0. The van der Waals surface area contributed by atoms with E-state index in [1.54, 1.807) is 0 Å². The molecule has 0 saturated heterocycles. The summed E-state index contributed by atoms with van der Waals surface area (Å²) in [7, 11) is 0. The third-order valence-corrected chi connectivity index (χ3v) is 6.38. The average Bonchev–Trinajstić information content (AvgIpc) is 2.91. The molecule has 4 bridgehead atoms. The van der Waals surface area contributed by atoms with E-state index in [1.807, 2.05) is 0 Å². The predicted octanol–water partition coefficient (Wildman–Crippen LogP) is 2.75. The van der Waals surface area contributed by atoms with Crippen molar-refractivity contribution in [3.8, 4) is 0 Å². The minimum atomic E-state index is 0.450. The summed E-state index contributed by atoms with van der Waals surface area (Å²) in [4.78, 5) is 11.1. The summed E-state index contributed by atoms with van der Waals surface area (Å²) in [5, 5.41) is 0. The van der Waals surface area contributed by atoms with Gasteiger partial charge in [0.25, 0.3) is 0 Å². The zero-order valence-corrected chi connectivity index (χ0v) is 9.43. The first kappa shape index (κ1) is 8.78. The third-order valence-electron chi connectivity index (χ3n) is 6.38. The highest BCUT2D eigenvalue weighted by Gasteiger charge is 2.63. The monoisotopic (exact) mass is 204 g/mol. The van der Waals surface area contributed by atoms with Crippen molar-refractivity contribution >= 4 is 6.29 Å². The van der Waals surface area contributed by atoms with Gasteiger partial charge in [0.1, 0.15) is 6.29 Å². The van der Waals surface area contributed by atoms with Crippen LogP contribution in [0.25, 0.3) is 0 Å². The van der Waals surface area contributed by atoms with Crippen LogP contribution in [0.15, 0.2) is 0 Å². The lowest BCUT2D eigenvalue weighted by Gasteiger charge is -2.39. The lowest BCUT2D eigenvalue weighted by atomic mass is 9.65. The number of carbonyl (C=O) groups is 1. The van der Waals surface area contributed by atoms with Crippen molar-refractivity contribution in [3.05, 3.63) is 0 Å². The van der Waals surface area contributed by atoms with Gasteiger partial charge < -0.3 is 4.79 Å². The molecule has 8 atom stereocenters. The minimum absolute atomic E-state index is 0.450. The van der Waals surface area contributed by atoms with Crippen molar-refractivity contribution in [2.75, 3.05) is 0 Å². The summed E-state index contributed by atoms with van der Waals surface area (Å²) in [5.41, 5.74) is 0. The molecule has 8 unspecified atom stereocenters. The number of hydrogen-bond acceptors (Lipinski definition) is 1. The van der Waals surface area contributed by atoms with Gasteiger partial charge in [-0.3, -0.25) is 0 Å². The van der Waals surface area contributed by atoms with E-state index in [1.165, 1.54) is 32.0 Å². The average molecular weight is 204 g/mol. The molecule has 15 heavy (non-hydrogen) atoms. The molecule has 0 radical (unpaired) electrons. The molecule has 0 aliphatic heterocycles. The second-order valence-corrected chi connectivity index (χ2v) is 6.72. The molecule has 0 aromatic carbocycles. The van der Waals surface area contributed by atoms with Crippen LogP contribution < -0.4 is 0 Å². The van der Waals surface area contributed by atoms with Crippen LogP contribution in [0.4, 0.5) is 0 Å². The Morgan fingerprint density at radius 1 is 0.933 bits per heavy atom. The SMILES string of the molecule is CC1CC2CC1C1C3CC(C=O)C(C3)C21. The van der Waals surface area contributed by atoms with Gasteiger partial charge in [-0.1, -0.05) is 6.92 Å². The standard InChI is InChI=1S/C14H20O/c1-7-2-8-4-11(7)13-9-3-10(6-15)12(5-9)14(8)13/h6-14H,2-5H2,1H3. The summed E-state index contributed by atoms with van der Waals surface area (Å²) in [6.07, 6.45) is 6.90. The Morgan fingerprint density at radius 3 is 2.40 bits per heavy atom. The molecule has 4 aliphatic rings. The van der Waals surface area contributed by atoms with Crippen LogP contribution in [0.5, 0.6) is 0 Å². The summed E-state index contributed by atoms with van der Waals surface area (Å²) < 4.78 is 0. The maximum absolute atomic E-state index is 11.1. The van der Waals surface area contributed by atoms with Gasteiger partial charge in [0.15, 0.2) is 0 Å². The summed E-state index contributed by atoms with van der Waals surface area (Å²) in [6, 6.07) is 0. The van der Waals surface area contributed by atoms with Gasteiger partial charge in [0.05, 0.1) is 0 Å². The maximum atomic E-state index is 11.1. The first-order valence-corrected chi connectivity index (χ1v) is 6.75. The zero-order chi connectivity index (χ0) is 10.2. The van der Waals surface area contributed by atoms with Crippen molar-refractivity contribution in [3.63, 3.8) is 0 Å². The number of rotatable bonds is 1. The molecule has 4 rings (SSSR count). The molecule has 0 spiro atoms. The van der Waals surface area contributed by atoms with Gasteiger partial charge in [-0.2, -0.15) is 0 Å². The van der Waals surface area contributed by atoms with E-state index in [-0.39, 0.29) is 0 Å². The van der Waals surface area contributed by atoms with E-state index >= 15 is 0 Å². The second-order valence-electron chi connectivity index (χ2n) is 6.72. The van der Waals surface area contributed by atoms with Gasteiger partial charge >= 0.3 is 0 Å². The minimum Gasteiger partial charge on any atom is -0.303 e. The number of aldehydes is 1. The molecule has 4 fully saturated rings. The fraction of sp³-hybridized carbons (Fsp3) is 0.929. The van der Waals surface area contributed by atoms with E-state index in [0.29, 0.717) is 5.92 Å². The van der Waals surface area contributed by atoms with Gasteiger partial charge in [0.2, 0.25) is 0 Å². The first-order valence-electron chi connectivity index (χ1n) is 6.75.